The summed E-state index contributed by atoms with van der Waals surface area (Å²) < 4.78 is 5.59. The Bertz CT molecular complexity index is 514. The average Bonchev–Trinajstić information content (AvgIpc) is 3.06. The molecule has 1 fully saturated rings. The lowest BCUT2D eigenvalue weighted by molar-refractivity contribution is 0.106. The van der Waals surface area contributed by atoms with E-state index in [-0.39, 0.29) is 6.10 Å². The predicted molar refractivity (Wildman–Crippen MR) is 74.3 cm³/mol. The van der Waals surface area contributed by atoms with Crippen molar-refractivity contribution in [3.05, 3.63) is 35.5 Å². The van der Waals surface area contributed by atoms with E-state index in [1.165, 1.54) is 0 Å². The number of ether oxygens (including phenoxy) is 1. The van der Waals surface area contributed by atoms with E-state index < -0.39 is 17.8 Å². The van der Waals surface area contributed by atoms with Crippen LogP contribution in [0.15, 0.2) is 35.5 Å². The Hall–Kier alpha value is -1.34. The fourth-order valence-corrected chi connectivity index (χ4v) is 2.34. The molecular weight excluding hydrogens is 240 g/mol. The van der Waals surface area contributed by atoms with Gasteiger partial charge in [-0.15, -0.1) is 0 Å². The molecule has 0 aromatic rings. The molecule has 2 rings (SSSR count). The molecule has 3 heteroatoms. The number of epoxide rings is 1. The summed E-state index contributed by atoms with van der Waals surface area (Å²) in [5, 5.41) is 20.4. The van der Waals surface area contributed by atoms with Gasteiger partial charge >= 0.3 is 0 Å². The minimum absolute atomic E-state index is 0.325. The number of rotatable bonds is 2. The van der Waals surface area contributed by atoms with Gasteiger partial charge in [0.2, 0.25) is 0 Å². The molecule has 1 aliphatic heterocycles. The van der Waals surface area contributed by atoms with Gasteiger partial charge in [-0.25, -0.2) is 0 Å². The standard InChI is InChI=1S/C16H20O3/c1-10(2)5-6-12-9-13(17)15-16(19-15,14(12)18)8-7-11(3)4/h7,9,13-15,17-18H,1,8H2,2-4H3/t13-,14-,15+,16-/m1/s1. The van der Waals surface area contributed by atoms with Crippen LogP contribution < -0.4 is 0 Å². The Morgan fingerprint density at radius 3 is 2.74 bits per heavy atom. The zero-order valence-electron chi connectivity index (χ0n) is 11.6. The molecule has 0 aromatic heterocycles. The first-order chi connectivity index (χ1) is 8.86. The van der Waals surface area contributed by atoms with Crippen LogP contribution in [0.5, 0.6) is 0 Å². The summed E-state index contributed by atoms with van der Waals surface area (Å²) >= 11 is 0. The van der Waals surface area contributed by atoms with E-state index in [1.54, 1.807) is 13.0 Å². The summed E-state index contributed by atoms with van der Waals surface area (Å²) in [4.78, 5) is 0. The van der Waals surface area contributed by atoms with Crippen molar-refractivity contribution in [2.24, 2.45) is 0 Å². The normalized spacial score (nSPS) is 35.4. The van der Waals surface area contributed by atoms with Crippen LogP contribution in [0.25, 0.3) is 0 Å². The molecule has 0 amide bonds. The fraction of sp³-hybridized carbons (Fsp3) is 0.500. The molecule has 102 valence electrons. The van der Waals surface area contributed by atoms with Crippen LogP contribution in [0, 0.1) is 11.8 Å². The third-order valence-corrected chi connectivity index (χ3v) is 3.44. The zero-order valence-corrected chi connectivity index (χ0v) is 11.6. The summed E-state index contributed by atoms with van der Waals surface area (Å²) in [6.45, 7) is 9.50. The molecule has 0 spiro atoms. The summed E-state index contributed by atoms with van der Waals surface area (Å²) in [5.41, 5.74) is 1.70. The summed E-state index contributed by atoms with van der Waals surface area (Å²) in [5.74, 6) is 5.70. The summed E-state index contributed by atoms with van der Waals surface area (Å²) in [6.07, 6.45) is 2.37. The lowest BCUT2D eigenvalue weighted by atomic mass is 9.82. The topological polar surface area (TPSA) is 53.0 Å². The second-order valence-corrected chi connectivity index (χ2v) is 5.52. The number of hydrogen-bond acceptors (Lipinski definition) is 3. The van der Waals surface area contributed by atoms with Gasteiger partial charge in [-0.3, -0.25) is 0 Å². The maximum Gasteiger partial charge on any atom is 0.132 e. The molecule has 19 heavy (non-hydrogen) atoms. The second kappa shape index (κ2) is 4.97. The highest BCUT2D eigenvalue weighted by molar-refractivity contribution is 5.45. The van der Waals surface area contributed by atoms with E-state index in [0.717, 1.165) is 11.1 Å². The van der Waals surface area contributed by atoms with Crippen molar-refractivity contribution in [2.45, 2.75) is 51.1 Å². The van der Waals surface area contributed by atoms with Gasteiger partial charge in [-0.2, -0.15) is 0 Å². The van der Waals surface area contributed by atoms with Gasteiger partial charge in [-0.1, -0.05) is 30.1 Å². The highest BCUT2D eigenvalue weighted by Gasteiger charge is 2.65. The van der Waals surface area contributed by atoms with Gasteiger partial charge < -0.3 is 14.9 Å². The molecular formula is C16H20O3. The van der Waals surface area contributed by atoms with Crippen molar-refractivity contribution in [3.8, 4) is 11.8 Å². The highest BCUT2D eigenvalue weighted by Crippen LogP contribution is 2.50. The van der Waals surface area contributed by atoms with Crippen molar-refractivity contribution < 1.29 is 14.9 Å². The van der Waals surface area contributed by atoms with E-state index in [4.69, 9.17) is 4.74 Å². The van der Waals surface area contributed by atoms with Crippen LogP contribution in [0.1, 0.15) is 27.2 Å². The van der Waals surface area contributed by atoms with E-state index >= 15 is 0 Å². The van der Waals surface area contributed by atoms with Crippen LogP contribution >= 0.6 is 0 Å². The Labute approximate surface area is 114 Å². The molecule has 4 atom stereocenters. The van der Waals surface area contributed by atoms with Gasteiger partial charge in [0.05, 0.1) is 0 Å². The zero-order chi connectivity index (χ0) is 14.2. The Morgan fingerprint density at radius 1 is 1.47 bits per heavy atom. The van der Waals surface area contributed by atoms with Crippen molar-refractivity contribution in [1.29, 1.82) is 0 Å². The highest BCUT2D eigenvalue weighted by atomic mass is 16.6. The molecule has 0 aromatic carbocycles. The molecule has 0 saturated carbocycles. The Morgan fingerprint density at radius 2 is 2.16 bits per heavy atom. The number of aliphatic hydroxyl groups excluding tert-OH is 2. The third kappa shape index (κ3) is 2.66. The first-order valence-corrected chi connectivity index (χ1v) is 6.43. The van der Waals surface area contributed by atoms with Gasteiger partial charge in [-0.05, 0) is 32.4 Å². The Kier molecular flexibility index (Phi) is 3.69. The van der Waals surface area contributed by atoms with Gasteiger partial charge in [0, 0.05) is 12.0 Å². The minimum atomic E-state index is -0.789. The molecule has 0 bridgehead atoms. The lowest BCUT2D eigenvalue weighted by Gasteiger charge is -2.24. The number of fused-ring (bicyclic) bond motifs is 1. The number of allylic oxidation sites excluding steroid dienone is 2. The van der Waals surface area contributed by atoms with E-state index in [1.807, 2.05) is 19.9 Å². The van der Waals surface area contributed by atoms with E-state index in [9.17, 15) is 10.2 Å². The molecule has 0 unspecified atom stereocenters. The summed E-state index contributed by atoms with van der Waals surface area (Å²) in [6, 6.07) is 0. The molecule has 2 N–H and O–H groups in total. The van der Waals surface area contributed by atoms with Crippen LogP contribution in [0.2, 0.25) is 0 Å². The maximum absolute atomic E-state index is 10.4. The van der Waals surface area contributed by atoms with Crippen molar-refractivity contribution in [2.75, 3.05) is 0 Å². The largest absolute Gasteiger partial charge is 0.386 e. The van der Waals surface area contributed by atoms with Crippen LogP contribution in [0.3, 0.4) is 0 Å². The molecule has 0 radical (unpaired) electrons. The molecule has 3 nitrogen and oxygen atoms in total. The average molecular weight is 260 g/mol. The second-order valence-electron chi connectivity index (χ2n) is 5.52. The summed E-state index contributed by atoms with van der Waals surface area (Å²) in [7, 11) is 0. The van der Waals surface area contributed by atoms with Crippen LogP contribution in [-0.2, 0) is 4.74 Å². The molecule has 1 heterocycles. The first kappa shape index (κ1) is 14.1. The molecule has 2 aliphatic rings. The Balaban J connectivity index is 2.24. The number of aliphatic hydroxyl groups is 2. The van der Waals surface area contributed by atoms with Crippen LogP contribution in [0.4, 0.5) is 0 Å². The van der Waals surface area contributed by atoms with Crippen molar-refractivity contribution >= 4 is 0 Å². The van der Waals surface area contributed by atoms with Gasteiger partial charge in [0.1, 0.15) is 23.9 Å². The molecule has 1 saturated heterocycles. The smallest absolute Gasteiger partial charge is 0.132 e. The number of hydrogen-bond donors (Lipinski definition) is 2. The van der Waals surface area contributed by atoms with Crippen LogP contribution in [-0.4, -0.2) is 34.1 Å². The first-order valence-electron chi connectivity index (χ1n) is 6.43. The SMILES string of the molecule is C=C(C)C#CC1=C[C@@H](O)[C@@H]2O[C@]2(CC=C(C)C)[C@@H]1O. The van der Waals surface area contributed by atoms with Crippen molar-refractivity contribution in [3.63, 3.8) is 0 Å². The van der Waals surface area contributed by atoms with Gasteiger partial charge in [0.15, 0.2) is 0 Å². The maximum atomic E-state index is 10.4. The minimum Gasteiger partial charge on any atom is -0.386 e. The monoisotopic (exact) mass is 260 g/mol. The van der Waals surface area contributed by atoms with E-state index in [0.29, 0.717) is 12.0 Å². The quantitative estimate of drug-likeness (QED) is 0.451. The lowest BCUT2D eigenvalue weighted by Crippen LogP contribution is -2.40. The molecule has 1 aliphatic carbocycles. The van der Waals surface area contributed by atoms with E-state index in [2.05, 4.69) is 18.4 Å². The predicted octanol–water partition coefficient (Wildman–Crippen LogP) is 1.72. The van der Waals surface area contributed by atoms with Gasteiger partial charge in [0.25, 0.3) is 0 Å². The third-order valence-electron chi connectivity index (χ3n) is 3.44. The fourth-order valence-electron chi connectivity index (χ4n) is 2.34. The van der Waals surface area contributed by atoms with Crippen molar-refractivity contribution in [1.82, 2.24) is 0 Å².